The van der Waals surface area contributed by atoms with Crippen LogP contribution < -0.4 is 10.9 Å². The quantitative estimate of drug-likeness (QED) is 0.687. The third kappa shape index (κ3) is 2.60. The molecule has 3 rings (SSSR count). The number of thioether (sulfide) groups is 1. The number of amidine groups is 1. The van der Waals surface area contributed by atoms with E-state index in [0.717, 1.165) is 23.6 Å². The second-order valence-electron chi connectivity index (χ2n) is 4.31. The van der Waals surface area contributed by atoms with Crippen molar-refractivity contribution in [3.05, 3.63) is 46.3 Å². The van der Waals surface area contributed by atoms with Crippen LogP contribution in [0.1, 0.15) is 10.4 Å². The number of Topliss-reactive ketones (excluding diaryl/α,β-unsaturated/α-hetero) is 1. The van der Waals surface area contributed by atoms with Crippen LogP contribution in [-0.2, 0) is 0 Å². The molecule has 0 fully saturated rings. The van der Waals surface area contributed by atoms with Crippen molar-refractivity contribution in [3.8, 4) is 0 Å². The fourth-order valence-corrected chi connectivity index (χ4v) is 2.75. The first kappa shape index (κ1) is 12.9. The summed E-state index contributed by atoms with van der Waals surface area (Å²) in [7, 11) is 0. The molecule has 1 aromatic carbocycles. The molecule has 0 saturated carbocycles. The normalized spacial score (nSPS) is 14.1. The number of fused-ring (bicyclic) bond motifs is 1. The number of para-hydroxylation sites is 1. The van der Waals surface area contributed by atoms with Crippen LogP contribution in [0.5, 0.6) is 0 Å². The summed E-state index contributed by atoms with van der Waals surface area (Å²) in [6, 6.07) is 8.73. The molecule has 0 saturated heterocycles. The van der Waals surface area contributed by atoms with E-state index in [1.54, 1.807) is 18.2 Å². The highest BCUT2D eigenvalue weighted by Gasteiger charge is 2.15. The molecule has 1 N–H and O–H groups in total. The number of ketones is 1. The number of nitrogens with zero attached hydrogens (tertiary/aromatic N) is 1. The van der Waals surface area contributed by atoms with E-state index < -0.39 is 5.63 Å². The maximum absolute atomic E-state index is 12.1. The maximum Gasteiger partial charge on any atom is 0.347 e. The second kappa shape index (κ2) is 5.50. The Labute approximate surface area is 119 Å². The van der Waals surface area contributed by atoms with Crippen molar-refractivity contribution in [1.82, 2.24) is 5.32 Å². The fourth-order valence-electron chi connectivity index (χ4n) is 1.94. The Kier molecular flexibility index (Phi) is 3.56. The van der Waals surface area contributed by atoms with E-state index in [4.69, 9.17) is 4.42 Å². The summed E-state index contributed by atoms with van der Waals surface area (Å²) in [6.07, 6.45) is 0. The first-order valence-corrected chi connectivity index (χ1v) is 7.20. The molecule has 0 unspecified atom stereocenters. The van der Waals surface area contributed by atoms with E-state index in [9.17, 15) is 9.59 Å². The number of hydrogen-bond donors (Lipinski definition) is 1. The number of hydrogen-bond acceptors (Lipinski definition) is 6. The summed E-state index contributed by atoms with van der Waals surface area (Å²) in [6.45, 7) is 1.53. The van der Waals surface area contributed by atoms with Gasteiger partial charge in [0.05, 0.1) is 12.3 Å². The lowest BCUT2D eigenvalue weighted by molar-refractivity contribution is 0.101. The molecule has 1 aromatic heterocycles. The lowest BCUT2D eigenvalue weighted by Gasteiger charge is -2.02. The van der Waals surface area contributed by atoms with Gasteiger partial charge in [-0.1, -0.05) is 30.0 Å². The molecule has 0 spiro atoms. The highest BCUT2D eigenvalue weighted by molar-refractivity contribution is 8.14. The van der Waals surface area contributed by atoms with Crippen LogP contribution in [0.2, 0.25) is 0 Å². The number of rotatable bonds is 3. The Morgan fingerprint density at radius 3 is 3.05 bits per heavy atom. The van der Waals surface area contributed by atoms with Crippen LogP contribution >= 0.6 is 11.8 Å². The summed E-state index contributed by atoms with van der Waals surface area (Å²) in [5.74, 6) is -0.0690. The number of aliphatic imine (C=N–C) groups is 1. The summed E-state index contributed by atoms with van der Waals surface area (Å²) in [4.78, 5) is 28.1. The molecule has 6 heteroatoms. The topological polar surface area (TPSA) is 71.7 Å². The Balaban J connectivity index is 1.83. The molecular weight excluding hydrogens is 276 g/mol. The van der Waals surface area contributed by atoms with Crippen LogP contribution in [0.4, 0.5) is 0 Å². The molecule has 1 aliphatic rings. The fraction of sp³-hybridized carbons (Fsp3) is 0.214. The van der Waals surface area contributed by atoms with Gasteiger partial charge in [-0.15, -0.1) is 0 Å². The zero-order valence-corrected chi connectivity index (χ0v) is 11.4. The molecule has 2 heterocycles. The van der Waals surface area contributed by atoms with Gasteiger partial charge < -0.3 is 9.73 Å². The maximum atomic E-state index is 12.1. The second-order valence-corrected chi connectivity index (χ2v) is 5.27. The van der Waals surface area contributed by atoms with E-state index >= 15 is 0 Å². The molecule has 0 bridgehead atoms. The van der Waals surface area contributed by atoms with Gasteiger partial charge in [-0.3, -0.25) is 9.79 Å². The van der Waals surface area contributed by atoms with Gasteiger partial charge in [-0.05, 0) is 12.1 Å². The van der Waals surface area contributed by atoms with E-state index in [2.05, 4.69) is 10.3 Å². The molecular formula is C14H12N2O3S. The van der Waals surface area contributed by atoms with Gasteiger partial charge in [-0.25, -0.2) is 4.79 Å². The first-order valence-electron chi connectivity index (χ1n) is 6.21. The van der Waals surface area contributed by atoms with E-state index in [1.807, 2.05) is 12.1 Å². The van der Waals surface area contributed by atoms with Gasteiger partial charge in [0, 0.05) is 11.9 Å². The summed E-state index contributed by atoms with van der Waals surface area (Å²) >= 11 is 1.31. The lowest BCUT2D eigenvalue weighted by Crippen LogP contribution is -2.20. The minimum atomic E-state index is -0.587. The first-order chi connectivity index (χ1) is 9.74. The van der Waals surface area contributed by atoms with Gasteiger partial charge in [0.1, 0.15) is 11.1 Å². The highest BCUT2D eigenvalue weighted by Crippen LogP contribution is 2.14. The zero-order chi connectivity index (χ0) is 13.9. The predicted octanol–water partition coefficient (Wildman–Crippen LogP) is 1.67. The zero-order valence-electron chi connectivity index (χ0n) is 10.6. The van der Waals surface area contributed by atoms with Crippen molar-refractivity contribution >= 4 is 33.7 Å². The largest absolute Gasteiger partial charge is 0.422 e. The average molecular weight is 288 g/mol. The van der Waals surface area contributed by atoms with Crippen LogP contribution in [0.15, 0.2) is 44.5 Å². The van der Waals surface area contributed by atoms with Crippen molar-refractivity contribution < 1.29 is 9.21 Å². The Hall–Kier alpha value is -2.08. The Morgan fingerprint density at radius 1 is 1.40 bits per heavy atom. The molecule has 20 heavy (non-hydrogen) atoms. The third-order valence-electron chi connectivity index (χ3n) is 2.93. The molecule has 0 amide bonds. The standard InChI is InChI=1S/C14H12N2O3S/c17-11(8-20-14-15-5-6-16-14)10-7-9-3-1-2-4-12(9)19-13(10)18/h1-4,7H,5-6,8H2,(H,15,16). The van der Waals surface area contributed by atoms with Crippen LogP contribution in [0, 0.1) is 0 Å². The SMILES string of the molecule is O=C(CSC1=NCCN1)c1cc2ccccc2oc1=O. The molecule has 2 aromatic rings. The van der Waals surface area contributed by atoms with Crippen LogP contribution in [0.25, 0.3) is 11.0 Å². The van der Waals surface area contributed by atoms with Crippen molar-refractivity contribution in [2.24, 2.45) is 4.99 Å². The lowest BCUT2D eigenvalue weighted by atomic mass is 10.1. The van der Waals surface area contributed by atoms with Gasteiger partial charge in [0.25, 0.3) is 0 Å². The van der Waals surface area contributed by atoms with Gasteiger partial charge in [-0.2, -0.15) is 0 Å². The van der Waals surface area contributed by atoms with E-state index in [0.29, 0.717) is 5.58 Å². The summed E-state index contributed by atoms with van der Waals surface area (Å²) in [5.41, 5.74) is -0.00560. The predicted molar refractivity (Wildman–Crippen MR) is 79.6 cm³/mol. The number of nitrogens with one attached hydrogen (secondary N) is 1. The van der Waals surface area contributed by atoms with E-state index in [-0.39, 0.29) is 17.1 Å². The van der Waals surface area contributed by atoms with Crippen LogP contribution in [-0.4, -0.2) is 29.8 Å². The molecule has 5 nitrogen and oxygen atoms in total. The minimum absolute atomic E-state index is 0.0924. The number of carbonyl (C=O) groups excluding carboxylic acids is 1. The molecule has 1 aliphatic heterocycles. The van der Waals surface area contributed by atoms with E-state index in [1.165, 1.54) is 11.8 Å². The number of benzene rings is 1. The Morgan fingerprint density at radius 2 is 2.25 bits per heavy atom. The number of carbonyl (C=O) groups is 1. The monoisotopic (exact) mass is 288 g/mol. The van der Waals surface area contributed by atoms with Crippen molar-refractivity contribution in [3.63, 3.8) is 0 Å². The van der Waals surface area contributed by atoms with Crippen LogP contribution in [0.3, 0.4) is 0 Å². The van der Waals surface area contributed by atoms with Crippen molar-refractivity contribution in [1.29, 1.82) is 0 Å². The van der Waals surface area contributed by atoms with Gasteiger partial charge >= 0.3 is 5.63 Å². The average Bonchev–Trinajstić information content (AvgIpc) is 2.97. The van der Waals surface area contributed by atoms with Crippen molar-refractivity contribution in [2.75, 3.05) is 18.8 Å². The minimum Gasteiger partial charge on any atom is -0.422 e. The molecule has 0 atom stereocenters. The molecule has 0 radical (unpaired) electrons. The summed E-state index contributed by atoms with van der Waals surface area (Å²) < 4.78 is 5.15. The molecule has 102 valence electrons. The summed E-state index contributed by atoms with van der Waals surface area (Å²) in [5, 5.41) is 4.57. The van der Waals surface area contributed by atoms with Gasteiger partial charge in [0.15, 0.2) is 11.0 Å². The Bertz CT molecular complexity index is 751. The van der Waals surface area contributed by atoms with Crippen molar-refractivity contribution in [2.45, 2.75) is 0 Å². The third-order valence-corrected chi connectivity index (χ3v) is 3.88. The van der Waals surface area contributed by atoms with Gasteiger partial charge in [0.2, 0.25) is 0 Å². The molecule has 0 aliphatic carbocycles. The highest BCUT2D eigenvalue weighted by atomic mass is 32.2. The smallest absolute Gasteiger partial charge is 0.347 e.